The lowest BCUT2D eigenvalue weighted by Gasteiger charge is -2.48. The van der Waals surface area contributed by atoms with E-state index in [2.05, 4.69) is 35.2 Å². The molecule has 0 radical (unpaired) electrons. The zero-order valence-corrected chi connectivity index (χ0v) is 18.2. The van der Waals surface area contributed by atoms with Gasteiger partial charge in [-0.2, -0.15) is 0 Å². The van der Waals surface area contributed by atoms with Crippen LogP contribution in [0.4, 0.5) is 0 Å². The number of benzene rings is 3. The van der Waals surface area contributed by atoms with Crippen LogP contribution >= 0.6 is 0 Å². The number of hydrogen-bond acceptors (Lipinski definition) is 4. The predicted octanol–water partition coefficient (Wildman–Crippen LogP) is 5.13. The molecule has 2 aliphatic rings. The fourth-order valence-corrected chi connectivity index (χ4v) is 4.95. The monoisotopic (exact) mass is 427 g/mol. The van der Waals surface area contributed by atoms with Gasteiger partial charge in [0.05, 0.1) is 13.2 Å². The number of hydrogen-bond donors (Lipinski definition) is 0. The van der Waals surface area contributed by atoms with Crippen molar-refractivity contribution in [3.63, 3.8) is 0 Å². The molecule has 2 aliphatic heterocycles. The summed E-state index contributed by atoms with van der Waals surface area (Å²) < 4.78 is 11.7. The molecule has 2 bridgehead atoms. The number of nitrogens with zero attached hydrogens (tertiary/aromatic N) is 1. The summed E-state index contributed by atoms with van der Waals surface area (Å²) in [6.07, 6.45) is 1.71. The quantitative estimate of drug-likeness (QED) is 0.490. The molecule has 2 unspecified atom stereocenters. The topological polar surface area (TPSA) is 38.8 Å². The van der Waals surface area contributed by atoms with Crippen molar-refractivity contribution in [1.29, 1.82) is 0 Å². The van der Waals surface area contributed by atoms with Gasteiger partial charge < -0.3 is 9.47 Å². The summed E-state index contributed by atoms with van der Waals surface area (Å²) >= 11 is 0. The molecule has 0 aliphatic carbocycles. The zero-order chi connectivity index (χ0) is 21.8. The van der Waals surface area contributed by atoms with Crippen molar-refractivity contribution in [2.24, 2.45) is 5.92 Å². The number of rotatable bonds is 7. The minimum Gasteiger partial charge on any atom is -0.489 e. The lowest BCUT2D eigenvalue weighted by Crippen LogP contribution is -2.57. The molecular weight excluding hydrogens is 398 g/mol. The predicted molar refractivity (Wildman–Crippen MR) is 125 cm³/mol. The van der Waals surface area contributed by atoms with Crippen molar-refractivity contribution in [1.82, 2.24) is 4.90 Å². The summed E-state index contributed by atoms with van der Waals surface area (Å²) in [5.74, 6) is 1.08. The van der Waals surface area contributed by atoms with Crippen LogP contribution in [0.15, 0.2) is 84.9 Å². The minimum absolute atomic E-state index is 0.0528. The summed E-state index contributed by atoms with van der Waals surface area (Å²) in [6.45, 7) is 2.87. The van der Waals surface area contributed by atoms with Crippen molar-refractivity contribution in [3.05, 3.63) is 102 Å². The third kappa shape index (κ3) is 4.77. The normalized spacial score (nSPS) is 22.9. The van der Waals surface area contributed by atoms with Gasteiger partial charge in [-0.1, -0.05) is 60.7 Å². The average molecular weight is 428 g/mol. The van der Waals surface area contributed by atoms with E-state index in [1.54, 1.807) is 0 Å². The first-order valence-corrected chi connectivity index (χ1v) is 11.4. The molecule has 5 rings (SSSR count). The first kappa shape index (κ1) is 20.9. The van der Waals surface area contributed by atoms with E-state index in [1.807, 2.05) is 54.6 Å². The molecule has 2 fully saturated rings. The molecule has 0 spiro atoms. The molecular formula is C28H29NO3. The molecule has 164 valence electrons. The Morgan fingerprint density at radius 1 is 0.812 bits per heavy atom. The third-order valence-electron chi connectivity index (χ3n) is 6.64. The first-order valence-electron chi connectivity index (χ1n) is 11.4. The lowest BCUT2D eigenvalue weighted by atomic mass is 9.80. The van der Waals surface area contributed by atoms with Crippen LogP contribution in [0.1, 0.15) is 34.3 Å². The molecule has 0 N–H and O–H groups in total. The van der Waals surface area contributed by atoms with Crippen LogP contribution in [0, 0.1) is 5.92 Å². The first-order chi connectivity index (χ1) is 15.8. The number of ketones is 1. The Kier molecular flexibility index (Phi) is 6.33. The summed E-state index contributed by atoms with van der Waals surface area (Å²) in [5.41, 5.74) is 3.22. The Bertz CT molecular complexity index is 1010. The van der Waals surface area contributed by atoms with Crippen molar-refractivity contribution in [2.75, 3.05) is 13.2 Å². The molecule has 0 aromatic heterocycles. The second-order valence-corrected chi connectivity index (χ2v) is 8.83. The van der Waals surface area contributed by atoms with Gasteiger partial charge in [-0.3, -0.25) is 9.69 Å². The Labute approximate surface area is 189 Å². The second-order valence-electron chi connectivity index (χ2n) is 8.83. The number of Topliss-reactive ketones (excluding diaryl/α,β-unsaturated/α-hetero) is 1. The summed E-state index contributed by atoms with van der Waals surface area (Å²) in [5, 5.41) is 0. The van der Waals surface area contributed by atoms with Gasteiger partial charge in [0.25, 0.3) is 0 Å². The van der Waals surface area contributed by atoms with Crippen LogP contribution in [0.25, 0.3) is 0 Å². The van der Waals surface area contributed by atoms with Gasteiger partial charge in [0, 0.05) is 30.1 Å². The molecule has 2 atom stereocenters. The van der Waals surface area contributed by atoms with E-state index in [4.69, 9.17) is 9.47 Å². The Hall–Kier alpha value is -2.95. The number of morpholine rings is 1. The van der Waals surface area contributed by atoms with Crippen LogP contribution in [-0.4, -0.2) is 36.0 Å². The maximum Gasteiger partial charge on any atom is 0.166 e. The fraction of sp³-hybridized carbons (Fsp3) is 0.321. The molecule has 0 saturated carbocycles. The largest absolute Gasteiger partial charge is 0.489 e. The van der Waals surface area contributed by atoms with Crippen LogP contribution in [0.2, 0.25) is 0 Å². The molecule has 4 nitrogen and oxygen atoms in total. The average Bonchev–Trinajstić information content (AvgIpc) is 2.84. The van der Waals surface area contributed by atoms with Gasteiger partial charge in [-0.15, -0.1) is 0 Å². The second kappa shape index (κ2) is 9.68. The van der Waals surface area contributed by atoms with E-state index in [0.29, 0.717) is 31.9 Å². The molecule has 3 aromatic carbocycles. The van der Waals surface area contributed by atoms with Crippen LogP contribution in [0.3, 0.4) is 0 Å². The summed E-state index contributed by atoms with van der Waals surface area (Å²) in [7, 11) is 0. The SMILES string of the molecule is O=C(c1ccc(OCc2ccccc2)cc1)C1CC2COCC(C1)N2Cc1ccccc1. The molecule has 4 heteroatoms. The highest BCUT2D eigenvalue weighted by atomic mass is 16.5. The van der Waals surface area contributed by atoms with Crippen molar-refractivity contribution in [3.8, 4) is 5.75 Å². The maximum absolute atomic E-state index is 13.3. The van der Waals surface area contributed by atoms with Gasteiger partial charge in [0.2, 0.25) is 0 Å². The van der Waals surface area contributed by atoms with Crippen molar-refractivity contribution in [2.45, 2.75) is 38.1 Å². The van der Waals surface area contributed by atoms with Crippen LogP contribution in [0.5, 0.6) is 5.75 Å². The number of carbonyl (C=O) groups is 1. The third-order valence-corrected chi connectivity index (χ3v) is 6.64. The van der Waals surface area contributed by atoms with Crippen LogP contribution < -0.4 is 4.74 Å². The van der Waals surface area contributed by atoms with E-state index in [0.717, 1.165) is 36.3 Å². The lowest BCUT2D eigenvalue weighted by molar-refractivity contribution is -0.0872. The Morgan fingerprint density at radius 3 is 2.03 bits per heavy atom. The Balaban J connectivity index is 1.21. The van der Waals surface area contributed by atoms with Crippen LogP contribution in [-0.2, 0) is 17.9 Å². The van der Waals surface area contributed by atoms with Crippen molar-refractivity contribution < 1.29 is 14.3 Å². The molecule has 2 saturated heterocycles. The number of fused-ring (bicyclic) bond motifs is 2. The zero-order valence-electron chi connectivity index (χ0n) is 18.2. The van der Waals surface area contributed by atoms with E-state index in [1.165, 1.54) is 5.56 Å². The van der Waals surface area contributed by atoms with Gasteiger partial charge in [0.15, 0.2) is 5.78 Å². The smallest absolute Gasteiger partial charge is 0.166 e. The maximum atomic E-state index is 13.3. The molecule has 0 amide bonds. The van der Waals surface area contributed by atoms with E-state index in [-0.39, 0.29) is 11.7 Å². The molecule has 32 heavy (non-hydrogen) atoms. The number of piperidine rings is 1. The van der Waals surface area contributed by atoms with E-state index < -0.39 is 0 Å². The summed E-state index contributed by atoms with van der Waals surface area (Å²) in [6, 6.07) is 28.9. The van der Waals surface area contributed by atoms with Gasteiger partial charge in [0.1, 0.15) is 12.4 Å². The Morgan fingerprint density at radius 2 is 1.41 bits per heavy atom. The highest BCUT2D eigenvalue weighted by Crippen LogP contribution is 2.34. The minimum atomic E-state index is 0.0528. The summed E-state index contributed by atoms with van der Waals surface area (Å²) in [4.78, 5) is 15.8. The van der Waals surface area contributed by atoms with E-state index in [9.17, 15) is 4.79 Å². The number of carbonyl (C=O) groups excluding carboxylic acids is 1. The van der Waals surface area contributed by atoms with Gasteiger partial charge in [-0.25, -0.2) is 0 Å². The van der Waals surface area contributed by atoms with Gasteiger partial charge >= 0.3 is 0 Å². The fourth-order valence-electron chi connectivity index (χ4n) is 4.95. The van der Waals surface area contributed by atoms with E-state index >= 15 is 0 Å². The van der Waals surface area contributed by atoms with Gasteiger partial charge in [-0.05, 0) is 48.2 Å². The van der Waals surface area contributed by atoms with Crippen molar-refractivity contribution >= 4 is 5.78 Å². The molecule has 2 heterocycles. The molecule has 3 aromatic rings. The highest BCUT2D eigenvalue weighted by Gasteiger charge is 2.41. The number of ether oxygens (including phenoxy) is 2. The standard InChI is InChI=1S/C28H29NO3/c30-28(23-11-13-27(14-12-23)32-18-22-9-5-2-6-10-22)24-15-25-19-31-20-26(16-24)29(25)17-21-7-3-1-4-8-21/h1-14,24-26H,15-20H2. The highest BCUT2D eigenvalue weighted by molar-refractivity contribution is 5.98.